The van der Waals surface area contributed by atoms with E-state index in [0.29, 0.717) is 26.1 Å². The molecule has 5 heteroatoms. The molecule has 0 spiro atoms. The van der Waals surface area contributed by atoms with Crippen molar-refractivity contribution in [3.8, 4) is 0 Å². The molecule has 23 heavy (non-hydrogen) atoms. The van der Waals surface area contributed by atoms with E-state index in [-0.39, 0.29) is 5.78 Å². The average Bonchev–Trinajstić information content (AvgIpc) is 2.45. The van der Waals surface area contributed by atoms with Crippen molar-refractivity contribution in [3.05, 3.63) is 35.9 Å². The number of amides is 1. The van der Waals surface area contributed by atoms with Gasteiger partial charge in [0.25, 0.3) is 0 Å². The molecular formula is C18H27NO4. The lowest BCUT2D eigenvalue weighted by atomic mass is 10.1. The van der Waals surface area contributed by atoms with Gasteiger partial charge in [0.05, 0.1) is 12.6 Å². The van der Waals surface area contributed by atoms with Gasteiger partial charge in [0.2, 0.25) is 0 Å². The summed E-state index contributed by atoms with van der Waals surface area (Å²) in [6.45, 7) is 8.06. The van der Waals surface area contributed by atoms with E-state index in [2.05, 4.69) is 5.32 Å². The molecule has 0 aliphatic rings. The first-order valence-electron chi connectivity index (χ1n) is 7.92. The van der Waals surface area contributed by atoms with Gasteiger partial charge < -0.3 is 14.8 Å². The zero-order chi connectivity index (χ0) is 17.3. The maximum Gasteiger partial charge on any atom is 0.408 e. The van der Waals surface area contributed by atoms with Crippen LogP contribution >= 0.6 is 0 Å². The van der Waals surface area contributed by atoms with Crippen LogP contribution in [0.4, 0.5) is 4.79 Å². The highest BCUT2D eigenvalue weighted by molar-refractivity contribution is 5.86. The van der Waals surface area contributed by atoms with Crippen molar-refractivity contribution >= 4 is 11.9 Å². The number of carbonyl (C=O) groups excluding carboxylic acids is 2. The van der Waals surface area contributed by atoms with Gasteiger partial charge >= 0.3 is 6.09 Å². The Hall–Kier alpha value is -1.88. The molecule has 1 N–H and O–H groups in total. The lowest BCUT2D eigenvalue weighted by Gasteiger charge is -2.21. The Balaban J connectivity index is 2.16. The first-order valence-corrected chi connectivity index (χ1v) is 7.92. The van der Waals surface area contributed by atoms with Crippen LogP contribution in [0.15, 0.2) is 30.3 Å². The van der Waals surface area contributed by atoms with Crippen LogP contribution in [0.2, 0.25) is 0 Å². The molecule has 1 aromatic rings. The predicted molar refractivity (Wildman–Crippen MR) is 89.2 cm³/mol. The number of ether oxygens (including phenoxy) is 2. The molecule has 0 aromatic heterocycles. The highest BCUT2D eigenvalue weighted by atomic mass is 16.6. The van der Waals surface area contributed by atoms with Gasteiger partial charge in [-0.05, 0) is 39.7 Å². The number of nitrogens with one attached hydrogen (secondary N) is 1. The van der Waals surface area contributed by atoms with Crippen molar-refractivity contribution in [2.24, 2.45) is 0 Å². The summed E-state index contributed by atoms with van der Waals surface area (Å²) in [5.41, 5.74) is 0.539. The van der Waals surface area contributed by atoms with E-state index >= 15 is 0 Å². The summed E-state index contributed by atoms with van der Waals surface area (Å²) < 4.78 is 10.7. The third kappa shape index (κ3) is 8.98. The van der Waals surface area contributed by atoms with Gasteiger partial charge in [-0.25, -0.2) is 4.79 Å². The van der Waals surface area contributed by atoms with E-state index < -0.39 is 17.7 Å². The van der Waals surface area contributed by atoms with Crippen LogP contribution in [0.1, 0.15) is 46.1 Å². The van der Waals surface area contributed by atoms with Gasteiger partial charge in [0.15, 0.2) is 5.78 Å². The summed E-state index contributed by atoms with van der Waals surface area (Å²) in [6.07, 6.45) is 0.427. The van der Waals surface area contributed by atoms with Gasteiger partial charge in [-0.3, -0.25) is 4.79 Å². The number of hydrogen-bond donors (Lipinski definition) is 1. The molecule has 0 saturated carbocycles. The lowest BCUT2D eigenvalue weighted by molar-refractivity contribution is -0.121. The fourth-order valence-electron chi connectivity index (χ4n) is 1.89. The van der Waals surface area contributed by atoms with Crippen LogP contribution in [0, 0.1) is 0 Å². The Bertz CT molecular complexity index is 493. The molecule has 0 radical (unpaired) electrons. The Morgan fingerprint density at radius 2 is 1.83 bits per heavy atom. The molecule has 128 valence electrons. The summed E-state index contributed by atoms with van der Waals surface area (Å²) in [7, 11) is 0. The number of ketones is 1. The number of alkyl carbamates (subject to hydrolysis) is 1. The SMILES string of the molecule is C[C@@H](NC(=O)OC(C)(C)C)C(=O)CCCOCc1ccccc1. The Morgan fingerprint density at radius 1 is 1.17 bits per heavy atom. The fraction of sp³-hybridized carbons (Fsp3) is 0.556. The zero-order valence-corrected chi connectivity index (χ0v) is 14.4. The number of Topliss-reactive ketones (excluding diaryl/α,β-unsaturated/α-hetero) is 1. The topological polar surface area (TPSA) is 64.6 Å². The van der Waals surface area contributed by atoms with Crippen molar-refractivity contribution in [1.29, 1.82) is 0 Å². The van der Waals surface area contributed by atoms with Crippen LogP contribution in [0.5, 0.6) is 0 Å². The summed E-state index contributed by atoms with van der Waals surface area (Å²) >= 11 is 0. The Kier molecular flexibility index (Phi) is 7.75. The molecule has 0 aliphatic heterocycles. The number of carbonyl (C=O) groups is 2. The van der Waals surface area contributed by atoms with Crippen LogP contribution < -0.4 is 5.32 Å². The second-order valence-electron chi connectivity index (χ2n) is 6.48. The van der Waals surface area contributed by atoms with Crippen LogP contribution in [0.3, 0.4) is 0 Å². The monoisotopic (exact) mass is 321 g/mol. The lowest BCUT2D eigenvalue weighted by Crippen LogP contribution is -2.41. The zero-order valence-electron chi connectivity index (χ0n) is 14.4. The Labute approximate surface area is 138 Å². The first-order chi connectivity index (χ1) is 10.8. The second kappa shape index (κ2) is 9.30. The smallest absolute Gasteiger partial charge is 0.408 e. The van der Waals surface area contributed by atoms with Crippen molar-refractivity contribution < 1.29 is 19.1 Å². The summed E-state index contributed by atoms with van der Waals surface area (Å²) in [5, 5.41) is 2.55. The average molecular weight is 321 g/mol. The molecule has 5 nitrogen and oxygen atoms in total. The maximum absolute atomic E-state index is 12.0. The van der Waals surface area contributed by atoms with Gasteiger partial charge in [-0.2, -0.15) is 0 Å². The highest BCUT2D eigenvalue weighted by Gasteiger charge is 2.20. The fourth-order valence-corrected chi connectivity index (χ4v) is 1.89. The predicted octanol–water partition coefficient (Wildman–Crippen LogP) is 3.47. The maximum atomic E-state index is 12.0. The van der Waals surface area contributed by atoms with Gasteiger partial charge in [-0.15, -0.1) is 0 Å². The van der Waals surface area contributed by atoms with E-state index in [0.717, 1.165) is 5.56 Å². The molecule has 0 heterocycles. The van der Waals surface area contributed by atoms with E-state index in [9.17, 15) is 9.59 Å². The molecule has 0 aliphatic carbocycles. The van der Waals surface area contributed by atoms with E-state index in [1.807, 2.05) is 30.3 Å². The molecule has 1 rings (SSSR count). The molecule has 0 fully saturated rings. The number of hydrogen-bond acceptors (Lipinski definition) is 4. The molecule has 0 saturated heterocycles. The van der Waals surface area contributed by atoms with Crippen molar-refractivity contribution in [3.63, 3.8) is 0 Å². The van der Waals surface area contributed by atoms with Gasteiger partial charge in [-0.1, -0.05) is 30.3 Å². The molecule has 0 bridgehead atoms. The summed E-state index contributed by atoms with van der Waals surface area (Å²) in [5.74, 6) is -0.0285. The second-order valence-corrected chi connectivity index (χ2v) is 6.48. The molecule has 1 aromatic carbocycles. The molecule has 0 unspecified atom stereocenters. The van der Waals surface area contributed by atoms with Gasteiger partial charge in [0.1, 0.15) is 5.60 Å². The molecular weight excluding hydrogens is 294 g/mol. The minimum atomic E-state index is -0.571. The van der Waals surface area contributed by atoms with E-state index in [4.69, 9.17) is 9.47 Å². The molecule has 1 amide bonds. The van der Waals surface area contributed by atoms with Crippen LogP contribution in [-0.4, -0.2) is 30.1 Å². The van der Waals surface area contributed by atoms with Crippen LogP contribution in [-0.2, 0) is 20.9 Å². The van der Waals surface area contributed by atoms with E-state index in [1.54, 1.807) is 27.7 Å². The summed E-state index contributed by atoms with van der Waals surface area (Å²) in [6, 6.07) is 9.33. The van der Waals surface area contributed by atoms with Gasteiger partial charge in [0, 0.05) is 13.0 Å². The quantitative estimate of drug-likeness (QED) is 0.745. The largest absolute Gasteiger partial charge is 0.444 e. The Morgan fingerprint density at radius 3 is 2.43 bits per heavy atom. The minimum Gasteiger partial charge on any atom is -0.444 e. The normalized spacial score (nSPS) is 12.5. The summed E-state index contributed by atoms with van der Waals surface area (Å²) in [4.78, 5) is 23.5. The van der Waals surface area contributed by atoms with E-state index in [1.165, 1.54) is 0 Å². The first kappa shape index (κ1) is 19.2. The highest BCUT2D eigenvalue weighted by Crippen LogP contribution is 2.07. The standard InChI is InChI=1S/C18H27NO4/c1-14(19-17(21)23-18(2,3)4)16(20)11-8-12-22-13-15-9-6-5-7-10-15/h5-7,9-10,14H,8,11-13H2,1-4H3,(H,19,21)/t14-/m1/s1. The van der Waals surface area contributed by atoms with Crippen LogP contribution in [0.25, 0.3) is 0 Å². The third-order valence-corrected chi connectivity index (χ3v) is 3.04. The van der Waals surface area contributed by atoms with Crippen molar-refractivity contribution in [2.75, 3.05) is 6.61 Å². The third-order valence-electron chi connectivity index (χ3n) is 3.04. The van der Waals surface area contributed by atoms with Crippen molar-refractivity contribution in [1.82, 2.24) is 5.32 Å². The molecule has 1 atom stereocenters. The van der Waals surface area contributed by atoms with Crippen molar-refractivity contribution in [2.45, 2.75) is 58.8 Å². The minimum absolute atomic E-state index is 0.0285. The number of rotatable bonds is 8. The number of benzene rings is 1.